The molecule has 0 amide bonds. The molecule has 0 bridgehead atoms. The van der Waals surface area contributed by atoms with Gasteiger partial charge < -0.3 is 4.74 Å². The summed E-state index contributed by atoms with van der Waals surface area (Å²) in [4.78, 5) is 14.5. The van der Waals surface area contributed by atoms with Gasteiger partial charge in [0.1, 0.15) is 5.75 Å². The number of methoxy groups -OCH3 is 1. The number of Topliss-reactive ketones (excluding diaryl/α,β-unsaturated/α-hetero) is 1. The molecule has 1 aromatic carbocycles. The molecule has 0 aliphatic carbocycles. The third kappa shape index (κ3) is 1.67. The zero-order chi connectivity index (χ0) is 12.9. The van der Waals surface area contributed by atoms with Gasteiger partial charge in [-0.05, 0) is 18.2 Å². The predicted octanol–water partition coefficient (Wildman–Crippen LogP) is 4.22. The van der Waals surface area contributed by atoms with Gasteiger partial charge in [-0.15, -0.1) is 23.1 Å². The topological polar surface area (TPSA) is 26.3 Å². The van der Waals surface area contributed by atoms with E-state index in [1.807, 2.05) is 32.0 Å². The van der Waals surface area contributed by atoms with E-state index in [1.165, 1.54) is 4.70 Å². The van der Waals surface area contributed by atoms with Crippen LogP contribution in [0.5, 0.6) is 5.75 Å². The first-order chi connectivity index (χ1) is 8.53. The number of ether oxygens (including phenoxy) is 1. The molecular formula is C14H14O2S2. The van der Waals surface area contributed by atoms with Crippen molar-refractivity contribution in [2.45, 2.75) is 18.7 Å². The molecule has 0 N–H and O–H groups in total. The summed E-state index contributed by atoms with van der Waals surface area (Å²) in [6.07, 6.45) is 0. The van der Waals surface area contributed by atoms with Crippen LogP contribution in [-0.2, 0) is 0 Å². The number of thioether (sulfide) groups is 1. The van der Waals surface area contributed by atoms with Crippen LogP contribution in [0.2, 0.25) is 0 Å². The molecule has 0 fully saturated rings. The van der Waals surface area contributed by atoms with Gasteiger partial charge in [-0.1, -0.05) is 13.8 Å². The first kappa shape index (κ1) is 12.1. The van der Waals surface area contributed by atoms with Gasteiger partial charge in [0.15, 0.2) is 5.78 Å². The average Bonchev–Trinajstić information content (AvgIpc) is 2.72. The lowest BCUT2D eigenvalue weighted by Crippen LogP contribution is -2.29. The number of fused-ring (bicyclic) bond motifs is 3. The van der Waals surface area contributed by atoms with Crippen molar-refractivity contribution >= 4 is 39.0 Å². The molecule has 2 heterocycles. The van der Waals surface area contributed by atoms with Crippen LogP contribution in [-0.4, -0.2) is 18.6 Å². The van der Waals surface area contributed by atoms with Crippen molar-refractivity contribution in [3.05, 3.63) is 23.1 Å². The van der Waals surface area contributed by atoms with Gasteiger partial charge in [0, 0.05) is 26.1 Å². The van der Waals surface area contributed by atoms with Gasteiger partial charge in [0.25, 0.3) is 0 Å². The Morgan fingerprint density at radius 1 is 1.33 bits per heavy atom. The first-order valence-electron chi connectivity index (χ1n) is 5.81. The van der Waals surface area contributed by atoms with E-state index < -0.39 is 0 Å². The highest BCUT2D eigenvalue weighted by Gasteiger charge is 2.37. The van der Waals surface area contributed by atoms with E-state index in [9.17, 15) is 4.79 Å². The van der Waals surface area contributed by atoms with Crippen molar-refractivity contribution < 1.29 is 9.53 Å². The highest BCUT2D eigenvalue weighted by molar-refractivity contribution is 8.00. The van der Waals surface area contributed by atoms with Crippen molar-refractivity contribution in [2.75, 3.05) is 12.9 Å². The van der Waals surface area contributed by atoms with Crippen molar-refractivity contribution in [1.29, 1.82) is 0 Å². The van der Waals surface area contributed by atoms with Crippen LogP contribution < -0.4 is 4.74 Å². The molecule has 4 heteroatoms. The van der Waals surface area contributed by atoms with Gasteiger partial charge >= 0.3 is 0 Å². The number of rotatable bonds is 1. The summed E-state index contributed by atoms with van der Waals surface area (Å²) < 4.78 is 6.43. The summed E-state index contributed by atoms with van der Waals surface area (Å²) >= 11 is 3.39. The second kappa shape index (κ2) is 4.00. The molecule has 0 radical (unpaired) electrons. The number of carbonyl (C=O) groups is 1. The first-order valence-corrected chi connectivity index (χ1v) is 7.61. The summed E-state index contributed by atoms with van der Waals surface area (Å²) in [6.45, 7) is 4.05. The number of carbonyl (C=O) groups excluding carboxylic acids is 1. The van der Waals surface area contributed by atoms with Crippen LogP contribution in [0.25, 0.3) is 10.1 Å². The van der Waals surface area contributed by atoms with E-state index >= 15 is 0 Å². The molecule has 1 aliphatic heterocycles. The van der Waals surface area contributed by atoms with E-state index in [4.69, 9.17) is 4.74 Å². The molecule has 2 nitrogen and oxygen atoms in total. The van der Waals surface area contributed by atoms with Crippen LogP contribution in [0, 0.1) is 5.41 Å². The van der Waals surface area contributed by atoms with Crippen LogP contribution in [0.4, 0.5) is 0 Å². The Morgan fingerprint density at radius 2 is 2.11 bits per heavy atom. The minimum atomic E-state index is -0.247. The van der Waals surface area contributed by atoms with Gasteiger partial charge in [-0.25, -0.2) is 0 Å². The largest absolute Gasteiger partial charge is 0.497 e. The number of ketones is 1. The third-order valence-electron chi connectivity index (χ3n) is 3.25. The normalized spacial score (nSPS) is 17.8. The highest BCUT2D eigenvalue weighted by Crippen LogP contribution is 2.47. The van der Waals surface area contributed by atoms with Crippen molar-refractivity contribution in [2.24, 2.45) is 5.41 Å². The molecule has 18 heavy (non-hydrogen) atoms. The molecule has 94 valence electrons. The number of hydrogen-bond donors (Lipinski definition) is 0. The lowest BCUT2D eigenvalue weighted by Gasteiger charge is -2.26. The molecule has 0 saturated carbocycles. The smallest absolute Gasteiger partial charge is 0.180 e. The molecule has 0 atom stereocenters. The molecule has 0 saturated heterocycles. The Balaban J connectivity index is 2.24. The maximum Gasteiger partial charge on any atom is 0.180 e. The monoisotopic (exact) mass is 278 g/mol. The molecule has 3 rings (SSSR count). The fourth-order valence-electron chi connectivity index (χ4n) is 2.10. The summed E-state index contributed by atoms with van der Waals surface area (Å²) in [5.41, 5.74) is -0.247. The quantitative estimate of drug-likeness (QED) is 0.781. The van der Waals surface area contributed by atoms with Crippen LogP contribution >= 0.6 is 23.1 Å². The van der Waals surface area contributed by atoms with E-state index in [1.54, 1.807) is 30.2 Å². The van der Waals surface area contributed by atoms with E-state index in [-0.39, 0.29) is 11.2 Å². The van der Waals surface area contributed by atoms with Gasteiger partial charge in [0.05, 0.1) is 12.0 Å². The summed E-state index contributed by atoms with van der Waals surface area (Å²) in [5.74, 6) is 1.97. The van der Waals surface area contributed by atoms with Crippen LogP contribution in [0.15, 0.2) is 23.1 Å². The van der Waals surface area contributed by atoms with Crippen molar-refractivity contribution in [3.63, 3.8) is 0 Å². The number of benzene rings is 1. The number of thiophene rings is 1. The predicted molar refractivity (Wildman–Crippen MR) is 77.2 cm³/mol. The Labute approximate surface area is 114 Å². The summed E-state index contributed by atoms with van der Waals surface area (Å²) in [7, 11) is 1.67. The summed E-state index contributed by atoms with van der Waals surface area (Å²) in [6, 6.07) is 6.02. The molecule has 1 aliphatic rings. The zero-order valence-corrected chi connectivity index (χ0v) is 12.2. The molecule has 0 unspecified atom stereocenters. The second-order valence-corrected chi connectivity index (χ2v) is 7.16. The summed E-state index contributed by atoms with van der Waals surface area (Å²) in [5, 5.41) is 1.16. The lowest BCUT2D eigenvalue weighted by atomic mass is 9.89. The van der Waals surface area contributed by atoms with Crippen LogP contribution in [0.1, 0.15) is 23.5 Å². The SMILES string of the molecule is COc1ccc2sc3c(c2c1)SCC(C)(C)C3=O. The Bertz CT molecular complexity index is 641. The van der Waals surface area contributed by atoms with Gasteiger partial charge in [-0.3, -0.25) is 4.79 Å². The van der Waals surface area contributed by atoms with E-state index in [2.05, 4.69) is 0 Å². The second-order valence-electron chi connectivity index (χ2n) is 5.12. The Hall–Kier alpha value is -1.00. The maximum absolute atomic E-state index is 12.4. The fourth-order valence-corrected chi connectivity index (χ4v) is 4.85. The van der Waals surface area contributed by atoms with Gasteiger partial charge in [-0.2, -0.15) is 0 Å². The Morgan fingerprint density at radius 3 is 2.83 bits per heavy atom. The van der Waals surface area contributed by atoms with E-state index in [0.29, 0.717) is 0 Å². The molecule has 0 spiro atoms. The van der Waals surface area contributed by atoms with E-state index in [0.717, 1.165) is 26.7 Å². The Kier molecular flexibility index (Phi) is 2.68. The zero-order valence-electron chi connectivity index (χ0n) is 10.6. The van der Waals surface area contributed by atoms with Crippen LogP contribution in [0.3, 0.4) is 0 Å². The van der Waals surface area contributed by atoms with Gasteiger partial charge in [0.2, 0.25) is 0 Å². The van der Waals surface area contributed by atoms with Crippen molar-refractivity contribution in [1.82, 2.24) is 0 Å². The maximum atomic E-state index is 12.4. The fraction of sp³-hybridized carbons (Fsp3) is 0.357. The number of hydrogen-bond acceptors (Lipinski definition) is 4. The standard InChI is InChI=1S/C14H14O2S2/c1-14(2)7-17-11-9-6-8(16-3)4-5-10(9)18-12(11)13(14)15/h4-6H,7H2,1-3H3. The molecular weight excluding hydrogens is 264 g/mol. The third-order valence-corrected chi connectivity index (χ3v) is 6.13. The molecule has 1 aromatic heterocycles. The van der Waals surface area contributed by atoms with Crippen molar-refractivity contribution in [3.8, 4) is 5.75 Å². The minimum absolute atomic E-state index is 0.247. The minimum Gasteiger partial charge on any atom is -0.497 e. The lowest BCUT2D eigenvalue weighted by molar-refractivity contribution is 0.0861. The average molecular weight is 278 g/mol. The molecule has 2 aromatic rings. The highest BCUT2D eigenvalue weighted by atomic mass is 32.2.